The van der Waals surface area contributed by atoms with E-state index >= 15 is 0 Å². The molecule has 0 aliphatic rings. The smallest absolute Gasteiger partial charge is 0.266 e. The normalized spacial score (nSPS) is 12.2. The molecule has 7 heteroatoms. The Kier molecular flexibility index (Phi) is 3.23. The number of hydrogen-bond acceptors (Lipinski definition) is 5. The molecule has 0 saturated carbocycles. The summed E-state index contributed by atoms with van der Waals surface area (Å²) in [5.41, 5.74) is 0.440. The molecule has 3 rings (SSSR count). The summed E-state index contributed by atoms with van der Waals surface area (Å²) in [6, 6.07) is 7.59. The van der Waals surface area contributed by atoms with E-state index in [1.165, 1.54) is 11.4 Å². The summed E-state index contributed by atoms with van der Waals surface area (Å²) in [4.78, 5) is 27.8. The lowest BCUT2D eigenvalue weighted by molar-refractivity contribution is 0.833. The van der Waals surface area contributed by atoms with Gasteiger partial charge in [0.1, 0.15) is 5.69 Å². The first-order chi connectivity index (χ1) is 9.54. The third-order valence-electron chi connectivity index (χ3n) is 2.69. The van der Waals surface area contributed by atoms with Gasteiger partial charge in [-0.05, 0) is 30.7 Å². The molecule has 0 aliphatic carbocycles. The van der Waals surface area contributed by atoms with Crippen molar-refractivity contribution in [1.29, 1.82) is 0 Å². The van der Waals surface area contributed by atoms with Crippen molar-refractivity contribution in [2.75, 3.05) is 0 Å². The fourth-order valence-corrected chi connectivity index (χ4v) is 3.06. The average Bonchev–Trinajstić information content (AvgIpc) is 2.68. The van der Waals surface area contributed by atoms with Crippen molar-refractivity contribution in [3.63, 3.8) is 0 Å². The highest BCUT2D eigenvalue weighted by atomic mass is 79.9. The zero-order valence-corrected chi connectivity index (χ0v) is 12.7. The molecule has 0 amide bonds. The van der Waals surface area contributed by atoms with Gasteiger partial charge < -0.3 is 0 Å². The lowest BCUT2D eigenvalue weighted by Crippen LogP contribution is -2.27. The molecule has 0 aliphatic heterocycles. The number of aryl methyl sites for hydroxylation is 1. The van der Waals surface area contributed by atoms with Crippen molar-refractivity contribution in [2.45, 2.75) is 6.92 Å². The van der Waals surface area contributed by atoms with Crippen LogP contribution in [0.15, 0.2) is 38.3 Å². The van der Waals surface area contributed by atoms with Crippen molar-refractivity contribution in [1.82, 2.24) is 14.6 Å². The maximum absolute atomic E-state index is 12.2. The number of benzene rings is 1. The van der Waals surface area contributed by atoms with Crippen molar-refractivity contribution in [3.8, 4) is 0 Å². The number of fused-ring (bicyclic) bond motifs is 1. The first kappa shape index (κ1) is 13.1. The summed E-state index contributed by atoms with van der Waals surface area (Å²) in [6.07, 6.45) is 1.76. The van der Waals surface area contributed by atoms with E-state index in [0.29, 0.717) is 9.49 Å². The molecule has 100 valence electrons. The summed E-state index contributed by atoms with van der Waals surface area (Å²) >= 11 is 4.54. The van der Waals surface area contributed by atoms with E-state index < -0.39 is 5.56 Å². The first-order valence-electron chi connectivity index (χ1n) is 5.72. The van der Waals surface area contributed by atoms with E-state index in [1.54, 1.807) is 6.08 Å². The third kappa shape index (κ3) is 2.30. The Balaban J connectivity index is 2.30. The van der Waals surface area contributed by atoms with Crippen LogP contribution in [0.4, 0.5) is 0 Å². The molecular weight excluding hydrogens is 342 g/mol. The maximum atomic E-state index is 12.2. The van der Waals surface area contributed by atoms with Crippen LogP contribution in [-0.4, -0.2) is 14.6 Å². The van der Waals surface area contributed by atoms with Crippen LogP contribution >= 0.6 is 27.3 Å². The monoisotopic (exact) mass is 349 g/mol. The van der Waals surface area contributed by atoms with Crippen LogP contribution in [0.25, 0.3) is 11.0 Å². The molecule has 2 heterocycles. The zero-order chi connectivity index (χ0) is 14.3. The predicted molar refractivity (Wildman–Crippen MR) is 81.1 cm³/mol. The second-order valence-corrected chi connectivity index (χ2v) is 6.09. The van der Waals surface area contributed by atoms with Crippen LogP contribution in [0.2, 0.25) is 0 Å². The van der Waals surface area contributed by atoms with E-state index in [4.69, 9.17) is 0 Å². The van der Waals surface area contributed by atoms with Gasteiger partial charge in [0.05, 0.1) is 4.53 Å². The number of thiazole rings is 1. The van der Waals surface area contributed by atoms with E-state index in [-0.39, 0.29) is 11.3 Å². The van der Waals surface area contributed by atoms with Crippen molar-refractivity contribution < 1.29 is 0 Å². The minimum atomic E-state index is -0.403. The second-order valence-electron chi connectivity index (χ2n) is 4.17. The fourth-order valence-electron chi connectivity index (χ4n) is 1.73. The van der Waals surface area contributed by atoms with Gasteiger partial charge in [0.2, 0.25) is 4.96 Å². The standard InChI is InChI=1S/C13H8BrN3O2S/c1-7-11(18)15-13-17(16-7)12(19)10(20-13)6-8-3-2-4-9(14)5-8/h2-6H,1H3/b10-6+. The van der Waals surface area contributed by atoms with E-state index in [0.717, 1.165) is 21.4 Å². The van der Waals surface area contributed by atoms with E-state index in [2.05, 4.69) is 26.0 Å². The molecule has 0 radical (unpaired) electrons. The first-order valence-corrected chi connectivity index (χ1v) is 7.33. The van der Waals surface area contributed by atoms with Crippen LogP contribution < -0.4 is 15.7 Å². The van der Waals surface area contributed by atoms with Crippen LogP contribution in [0.5, 0.6) is 0 Å². The number of nitrogens with zero attached hydrogens (tertiary/aromatic N) is 3. The lowest BCUT2D eigenvalue weighted by atomic mass is 10.2. The van der Waals surface area contributed by atoms with E-state index in [9.17, 15) is 9.59 Å². The molecule has 0 saturated heterocycles. The number of aromatic nitrogens is 3. The van der Waals surface area contributed by atoms with Crippen LogP contribution in [0, 0.1) is 6.92 Å². The zero-order valence-electron chi connectivity index (χ0n) is 10.3. The number of halogens is 1. The topological polar surface area (TPSA) is 64.3 Å². The van der Waals surface area contributed by atoms with Gasteiger partial charge in [-0.25, -0.2) is 0 Å². The lowest BCUT2D eigenvalue weighted by Gasteiger charge is -1.92. The quantitative estimate of drug-likeness (QED) is 0.660. The molecule has 0 bridgehead atoms. The Bertz CT molecular complexity index is 977. The van der Waals surface area contributed by atoms with Gasteiger partial charge >= 0.3 is 0 Å². The predicted octanol–water partition coefficient (Wildman–Crippen LogP) is 1.13. The Morgan fingerprint density at radius 3 is 2.90 bits per heavy atom. The number of hydrogen-bond donors (Lipinski definition) is 0. The Morgan fingerprint density at radius 2 is 2.15 bits per heavy atom. The molecule has 0 fully saturated rings. The maximum Gasteiger partial charge on any atom is 0.295 e. The number of rotatable bonds is 1. The molecule has 0 atom stereocenters. The summed E-state index contributed by atoms with van der Waals surface area (Å²) in [5.74, 6) is 0. The van der Waals surface area contributed by atoms with Gasteiger partial charge in [0.15, 0.2) is 0 Å². The molecule has 5 nitrogen and oxygen atoms in total. The van der Waals surface area contributed by atoms with Crippen LogP contribution in [0.3, 0.4) is 0 Å². The highest BCUT2D eigenvalue weighted by molar-refractivity contribution is 9.10. The summed E-state index contributed by atoms with van der Waals surface area (Å²) in [7, 11) is 0. The van der Waals surface area contributed by atoms with E-state index in [1.807, 2.05) is 24.3 Å². The van der Waals surface area contributed by atoms with Gasteiger partial charge in [0.25, 0.3) is 11.1 Å². The fraction of sp³-hybridized carbons (Fsp3) is 0.0769. The molecule has 2 aromatic heterocycles. The van der Waals surface area contributed by atoms with Gasteiger partial charge in [-0.2, -0.15) is 14.6 Å². The Morgan fingerprint density at radius 1 is 1.35 bits per heavy atom. The average molecular weight is 350 g/mol. The van der Waals surface area contributed by atoms with Crippen molar-refractivity contribution in [3.05, 3.63) is 65.2 Å². The third-order valence-corrected chi connectivity index (χ3v) is 4.14. The highest BCUT2D eigenvalue weighted by Gasteiger charge is 2.08. The minimum Gasteiger partial charge on any atom is -0.266 e. The van der Waals surface area contributed by atoms with Gasteiger partial charge in [-0.15, -0.1) is 0 Å². The highest BCUT2D eigenvalue weighted by Crippen LogP contribution is 2.12. The van der Waals surface area contributed by atoms with Gasteiger partial charge in [-0.3, -0.25) is 9.59 Å². The summed E-state index contributed by atoms with van der Waals surface area (Å²) < 4.78 is 2.60. The van der Waals surface area contributed by atoms with Gasteiger partial charge in [-0.1, -0.05) is 39.4 Å². The molecular formula is C13H8BrN3O2S. The summed E-state index contributed by atoms with van der Waals surface area (Å²) in [5, 5.41) is 3.96. The SMILES string of the molecule is Cc1nn2c(=O)/c(=C\c3cccc(Br)c3)sc2nc1=O. The molecule has 0 spiro atoms. The molecule has 0 unspecified atom stereocenters. The Hall–Kier alpha value is -1.86. The molecule has 3 aromatic rings. The second kappa shape index (κ2) is 4.92. The van der Waals surface area contributed by atoms with Crippen molar-refractivity contribution >= 4 is 38.3 Å². The van der Waals surface area contributed by atoms with Crippen molar-refractivity contribution in [2.24, 2.45) is 0 Å². The minimum absolute atomic E-state index is 0.214. The Labute approximate surface area is 125 Å². The summed E-state index contributed by atoms with van der Waals surface area (Å²) in [6.45, 7) is 1.54. The molecule has 1 aromatic carbocycles. The van der Waals surface area contributed by atoms with Crippen LogP contribution in [-0.2, 0) is 0 Å². The van der Waals surface area contributed by atoms with Crippen LogP contribution in [0.1, 0.15) is 11.3 Å². The largest absolute Gasteiger partial charge is 0.295 e. The molecule has 0 N–H and O–H groups in total. The van der Waals surface area contributed by atoms with Gasteiger partial charge in [0, 0.05) is 4.47 Å². The molecule has 20 heavy (non-hydrogen) atoms.